The Morgan fingerprint density at radius 3 is 2.81 bits per heavy atom. The highest BCUT2D eigenvalue weighted by atomic mass is 35.5. The van der Waals surface area contributed by atoms with Gasteiger partial charge in [0.15, 0.2) is 11.0 Å². The van der Waals surface area contributed by atoms with Crippen LogP contribution < -0.4 is 5.32 Å². The molecule has 1 N–H and O–H groups in total. The molecule has 1 aromatic heterocycles. The van der Waals surface area contributed by atoms with Crippen molar-refractivity contribution in [1.29, 1.82) is 0 Å². The van der Waals surface area contributed by atoms with Gasteiger partial charge >= 0.3 is 0 Å². The zero-order valence-electron chi connectivity index (χ0n) is 11.3. The molecule has 1 unspecified atom stereocenters. The normalized spacial score (nSPS) is 17.9. The van der Waals surface area contributed by atoms with E-state index in [-0.39, 0.29) is 22.8 Å². The van der Waals surface area contributed by atoms with Crippen LogP contribution in [0.5, 0.6) is 0 Å². The zero-order chi connectivity index (χ0) is 15.0. The number of amides is 2. The second kappa shape index (κ2) is 5.26. The first-order valence-corrected chi connectivity index (χ1v) is 6.89. The Morgan fingerprint density at radius 2 is 2.10 bits per heavy atom. The standard InChI is InChI=1S/C15H13ClN2O3/c1-9-14(19)17-11-5-3-2-4-10(11)8-18(9)15(20)12-6-7-13(16)21-12/h2-7,9H,8H2,1H3,(H,17,19). The third-order valence-corrected chi connectivity index (χ3v) is 3.71. The SMILES string of the molecule is CC1C(=O)Nc2ccccc2CN1C(=O)c1ccc(Cl)o1. The number of rotatable bonds is 1. The Bertz CT molecular complexity index is 710. The number of nitrogens with zero attached hydrogens (tertiary/aromatic N) is 1. The fourth-order valence-corrected chi connectivity index (χ4v) is 2.44. The molecule has 108 valence electrons. The number of halogens is 1. The number of fused-ring (bicyclic) bond motifs is 1. The summed E-state index contributed by atoms with van der Waals surface area (Å²) >= 11 is 5.71. The maximum absolute atomic E-state index is 12.5. The van der Waals surface area contributed by atoms with E-state index >= 15 is 0 Å². The molecule has 0 saturated carbocycles. The van der Waals surface area contributed by atoms with Gasteiger partial charge in [-0.15, -0.1) is 0 Å². The van der Waals surface area contributed by atoms with Crippen LogP contribution in [0.3, 0.4) is 0 Å². The minimum atomic E-state index is -0.603. The van der Waals surface area contributed by atoms with Crippen LogP contribution in [0.2, 0.25) is 5.22 Å². The van der Waals surface area contributed by atoms with E-state index in [1.807, 2.05) is 24.3 Å². The lowest BCUT2D eigenvalue weighted by Gasteiger charge is -2.24. The highest BCUT2D eigenvalue weighted by Crippen LogP contribution is 2.25. The van der Waals surface area contributed by atoms with E-state index in [0.29, 0.717) is 6.54 Å². The Morgan fingerprint density at radius 1 is 1.33 bits per heavy atom. The lowest BCUT2D eigenvalue weighted by molar-refractivity contribution is -0.120. The lowest BCUT2D eigenvalue weighted by atomic mass is 10.1. The van der Waals surface area contributed by atoms with Gasteiger partial charge in [0.05, 0.1) is 0 Å². The zero-order valence-corrected chi connectivity index (χ0v) is 12.1. The maximum atomic E-state index is 12.5. The molecule has 2 heterocycles. The summed E-state index contributed by atoms with van der Waals surface area (Å²) in [6, 6.07) is 9.81. The predicted molar refractivity (Wildman–Crippen MR) is 78.1 cm³/mol. The number of benzene rings is 1. The molecule has 0 bridgehead atoms. The number of anilines is 1. The van der Waals surface area contributed by atoms with E-state index < -0.39 is 6.04 Å². The summed E-state index contributed by atoms with van der Waals surface area (Å²) in [6.07, 6.45) is 0. The van der Waals surface area contributed by atoms with E-state index in [4.69, 9.17) is 16.0 Å². The van der Waals surface area contributed by atoms with Crippen molar-refractivity contribution in [2.45, 2.75) is 19.5 Å². The van der Waals surface area contributed by atoms with Crippen molar-refractivity contribution in [1.82, 2.24) is 4.90 Å². The van der Waals surface area contributed by atoms with Gasteiger partial charge in [-0.05, 0) is 42.3 Å². The van der Waals surface area contributed by atoms with Crippen LogP contribution in [0, 0.1) is 0 Å². The van der Waals surface area contributed by atoms with Crippen LogP contribution in [0.25, 0.3) is 0 Å². The van der Waals surface area contributed by atoms with Gasteiger partial charge in [-0.1, -0.05) is 18.2 Å². The second-order valence-electron chi connectivity index (χ2n) is 4.86. The lowest BCUT2D eigenvalue weighted by Crippen LogP contribution is -2.43. The van der Waals surface area contributed by atoms with E-state index in [2.05, 4.69) is 5.32 Å². The quantitative estimate of drug-likeness (QED) is 0.881. The third kappa shape index (κ3) is 2.52. The number of para-hydroxylation sites is 1. The molecule has 3 rings (SSSR count). The molecule has 2 aromatic rings. The number of carbonyl (C=O) groups excluding carboxylic acids is 2. The topological polar surface area (TPSA) is 62.6 Å². The molecule has 6 heteroatoms. The van der Waals surface area contributed by atoms with Crippen molar-refractivity contribution in [3.63, 3.8) is 0 Å². The van der Waals surface area contributed by atoms with E-state index in [1.165, 1.54) is 17.0 Å². The smallest absolute Gasteiger partial charge is 0.290 e. The van der Waals surface area contributed by atoms with Crippen molar-refractivity contribution >= 4 is 29.1 Å². The number of hydrogen-bond acceptors (Lipinski definition) is 3. The summed E-state index contributed by atoms with van der Waals surface area (Å²) in [6.45, 7) is 2.01. The molecule has 0 aliphatic carbocycles. The molecule has 1 aliphatic heterocycles. The van der Waals surface area contributed by atoms with Gasteiger partial charge in [0.2, 0.25) is 5.91 Å². The summed E-state index contributed by atoms with van der Waals surface area (Å²) < 4.78 is 5.15. The van der Waals surface area contributed by atoms with Gasteiger partial charge in [0, 0.05) is 12.2 Å². The molecule has 5 nitrogen and oxygen atoms in total. The van der Waals surface area contributed by atoms with Crippen LogP contribution in [-0.2, 0) is 11.3 Å². The second-order valence-corrected chi connectivity index (χ2v) is 5.23. The largest absolute Gasteiger partial charge is 0.440 e. The third-order valence-electron chi connectivity index (χ3n) is 3.51. The van der Waals surface area contributed by atoms with Gasteiger partial charge in [0.1, 0.15) is 6.04 Å². The minimum Gasteiger partial charge on any atom is -0.440 e. The molecule has 1 atom stereocenters. The first-order valence-electron chi connectivity index (χ1n) is 6.51. The van der Waals surface area contributed by atoms with Crippen LogP contribution in [0.4, 0.5) is 5.69 Å². The minimum absolute atomic E-state index is 0.124. The van der Waals surface area contributed by atoms with Crippen molar-refractivity contribution in [3.05, 3.63) is 52.9 Å². The highest BCUT2D eigenvalue weighted by molar-refractivity contribution is 6.29. The summed E-state index contributed by atoms with van der Waals surface area (Å²) in [4.78, 5) is 26.2. The molecule has 0 spiro atoms. The average molecular weight is 305 g/mol. The molecule has 0 radical (unpaired) electrons. The van der Waals surface area contributed by atoms with Crippen molar-refractivity contribution < 1.29 is 14.0 Å². The van der Waals surface area contributed by atoms with Crippen LogP contribution >= 0.6 is 11.6 Å². The van der Waals surface area contributed by atoms with E-state index in [1.54, 1.807) is 6.92 Å². The fraction of sp³-hybridized carbons (Fsp3) is 0.200. The number of hydrogen-bond donors (Lipinski definition) is 1. The molecule has 2 amide bonds. The van der Waals surface area contributed by atoms with Crippen molar-refractivity contribution in [2.75, 3.05) is 5.32 Å². The number of furan rings is 1. The summed E-state index contributed by atoms with van der Waals surface area (Å²) in [7, 11) is 0. The van der Waals surface area contributed by atoms with Crippen LogP contribution in [0.15, 0.2) is 40.8 Å². The van der Waals surface area contributed by atoms with Crippen molar-refractivity contribution in [2.24, 2.45) is 0 Å². The molecular formula is C15H13ClN2O3. The van der Waals surface area contributed by atoms with Crippen molar-refractivity contribution in [3.8, 4) is 0 Å². The first kappa shape index (κ1) is 13.7. The Hall–Kier alpha value is -2.27. The number of nitrogens with one attached hydrogen (secondary N) is 1. The molecule has 0 saturated heterocycles. The van der Waals surface area contributed by atoms with E-state index in [9.17, 15) is 9.59 Å². The Balaban J connectivity index is 1.97. The van der Waals surface area contributed by atoms with Gasteiger partial charge in [-0.2, -0.15) is 0 Å². The molecule has 1 aliphatic rings. The van der Waals surface area contributed by atoms with Gasteiger partial charge in [-0.3, -0.25) is 9.59 Å². The van der Waals surface area contributed by atoms with Crippen LogP contribution in [-0.4, -0.2) is 22.8 Å². The molecule has 0 fully saturated rings. The predicted octanol–water partition coefficient (Wildman–Crippen LogP) is 2.92. The maximum Gasteiger partial charge on any atom is 0.290 e. The molecule has 21 heavy (non-hydrogen) atoms. The van der Waals surface area contributed by atoms with Crippen LogP contribution in [0.1, 0.15) is 23.0 Å². The van der Waals surface area contributed by atoms with E-state index in [0.717, 1.165) is 11.3 Å². The molecular weight excluding hydrogens is 292 g/mol. The summed E-state index contributed by atoms with van der Waals surface area (Å²) in [5.41, 5.74) is 1.60. The number of carbonyl (C=O) groups is 2. The summed E-state index contributed by atoms with van der Waals surface area (Å²) in [5, 5.41) is 2.97. The average Bonchev–Trinajstić information content (AvgIpc) is 2.86. The fourth-order valence-electron chi connectivity index (χ4n) is 2.30. The molecule has 1 aromatic carbocycles. The van der Waals surface area contributed by atoms with Gasteiger partial charge in [-0.25, -0.2) is 0 Å². The highest BCUT2D eigenvalue weighted by Gasteiger charge is 2.32. The summed E-state index contributed by atoms with van der Waals surface area (Å²) in [5.74, 6) is -0.466. The van der Waals surface area contributed by atoms with Gasteiger partial charge < -0.3 is 14.6 Å². The first-order chi connectivity index (χ1) is 10.1. The van der Waals surface area contributed by atoms with Gasteiger partial charge in [0.25, 0.3) is 5.91 Å². The Labute approximate surface area is 126 Å². The monoisotopic (exact) mass is 304 g/mol. The Kier molecular flexibility index (Phi) is 3.43.